The number of nitrogens with zero attached hydrogens (tertiary/aromatic N) is 1. The van der Waals surface area contributed by atoms with Gasteiger partial charge in [-0.3, -0.25) is 9.36 Å². The fraction of sp³-hybridized carbons (Fsp3) is 0.930. The fourth-order valence-electron chi connectivity index (χ4n) is 6.45. The van der Waals surface area contributed by atoms with Gasteiger partial charge < -0.3 is 28.8 Å². The van der Waals surface area contributed by atoms with E-state index in [-0.39, 0.29) is 19.1 Å². The van der Waals surface area contributed by atoms with Gasteiger partial charge in [0.05, 0.1) is 39.9 Å². The van der Waals surface area contributed by atoms with Crippen LogP contribution in [0.2, 0.25) is 0 Å². The van der Waals surface area contributed by atoms with Gasteiger partial charge in [0.1, 0.15) is 13.2 Å². The zero-order chi connectivity index (χ0) is 38.6. The standard InChI is InChI=1S/C43H87N2O6P/c1-6-8-10-12-14-16-18-20-22-23-24-26-28-30-32-34-36-42(46)41(40-51-52(48,49)50-39-38-45(3,4)5)44-43(47)37-35-33-31-29-27-25-21-19-17-15-13-11-9-7-2/h34,36,41-42,46H,6-33,35,37-40H2,1-5H3,(H-,44,47,48,49)/b36-34+. The number of rotatable bonds is 40. The summed E-state index contributed by atoms with van der Waals surface area (Å²) in [6, 6.07) is -0.879. The molecule has 0 saturated heterocycles. The van der Waals surface area contributed by atoms with Crippen molar-refractivity contribution in [3.8, 4) is 0 Å². The molecule has 8 nitrogen and oxygen atoms in total. The monoisotopic (exact) mass is 759 g/mol. The lowest BCUT2D eigenvalue weighted by Crippen LogP contribution is -2.45. The number of quaternary nitrogens is 1. The Morgan fingerprint density at radius 1 is 0.654 bits per heavy atom. The van der Waals surface area contributed by atoms with Crippen LogP contribution in [-0.2, 0) is 18.4 Å². The van der Waals surface area contributed by atoms with Crippen molar-refractivity contribution in [2.45, 2.75) is 219 Å². The van der Waals surface area contributed by atoms with E-state index in [2.05, 4.69) is 19.2 Å². The van der Waals surface area contributed by atoms with Crippen LogP contribution in [0.3, 0.4) is 0 Å². The third-order valence-corrected chi connectivity index (χ3v) is 11.0. The van der Waals surface area contributed by atoms with Gasteiger partial charge in [-0.1, -0.05) is 193 Å². The molecule has 0 bridgehead atoms. The highest BCUT2D eigenvalue weighted by atomic mass is 31.2. The van der Waals surface area contributed by atoms with Gasteiger partial charge in [0, 0.05) is 6.42 Å². The summed E-state index contributed by atoms with van der Waals surface area (Å²) in [5.74, 6) is -0.196. The molecule has 1 amide bonds. The second kappa shape index (κ2) is 35.9. The van der Waals surface area contributed by atoms with Crippen LogP contribution >= 0.6 is 7.82 Å². The van der Waals surface area contributed by atoms with E-state index in [4.69, 9.17) is 9.05 Å². The van der Waals surface area contributed by atoms with Crippen LogP contribution in [0.5, 0.6) is 0 Å². The molecule has 0 aromatic carbocycles. The summed E-state index contributed by atoms with van der Waals surface area (Å²) >= 11 is 0. The molecule has 0 aliphatic heterocycles. The van der Waals surface area contributed by atoms with Crippen LogP contribution in [0.4, 0.5) is 0 Å². The Hall–Kier alpha value is -0.760. The van der Waals surface area contributed by atoms with Gasteiger partial charge in [-0.25, -0.2) is 0 Å². The molecule has 9 heteroatoms. The van der Waals surface area contributed by atoms with Crippen molar-refractivity contribution in [2.75, 3.05) is 40.9 Å². The molecule has 310 valence electrons. The van der Waals surface area contributed by atoms with E-state index in [1.165, 1.54) is 148 Å². The summed E-state index contributed by atoms with van der Waals surface area (Å²) in [4.78, 5) is 25.3. The van der Waals surface area contributed by atoms with Gasteiger partial charge in [-0.2, -0.15) is 0 Å². The van der Waals surface area contributed by atoms with Crippen molar-refractivity contribution < 1.29 is 32.9 Å². The Kier molecular flexibility index (Phi) is 35.4. The molecule has 0 heterocycles. The smallest absolute Gasteiger partial charge is 0.268 e. The topological polar surface area (TPSA) is 108 Å². The fourth-order valence-corrected chi connectivity index (χ4v) is 7.17. The third-order valence-electron chi connectivity index (χ3n) is 10.00. The lowest BCUT2D eigenvalue weighted by atomic mass is 10.0. The maximum absolute atomic E-state index is 12.8. The number of hydrogen-bond donors (Lipinski definition) is 2. The summed E-state index contributed by atoms with van der Waals surface area (Å²) in [6.07, 6.45) is 39.6. The zero-order valence-electron chi connectivity index (χ0n) is 35.0. The number of nitrogens with one attached hydrogen (secondary N) is 1. The summed E-state index contributed by atoms with van der Waals surface area (Å²) in [6.45, 7) is 4.65. The Balaban J connectivity index is 4.42. The van der Waals surface area contributed by atoms with Crippen molar-refractivity contribution in [2.24, 2.45) is 0 Å². The number of carbonyl (C=O) groups is 1. The number of aliphatic hydroxyl groups excluding tert-OH is 1. The van der Waals surface area contributed by atoms with Crippen molar-refractivity contribution in [3.05, 3.63) is 12.2 Å². The first kappa shape index (κ1) is 51.2. The van der Waals surface area contributed by atoms with Crippen molar-refractivity contribution >= 4 is 13.7 Å². The lowest BCUT2D eigenvalue weighted by Gasteiger charge is -2.29. The number of allylic oxidation sites excluding steroid dienone is 1. The quantitative estimate of drug-likeness (QED) is 0.0279. The highest BCUT2D eigenvalue weighted by molar-refractivity contribution is 7.45. The molecule has 0 aliphatic carbocycles. The number of aliphatic hydroxyl groups is 1. The van der Waals surface area contributed by atoms with Gasteiger partial charge in [0.25, 0.3) is 7.82 Å². The lowest BCUT2D eigenvalue weighted by molar-refractivity contribution is -0.870. The first-order valence-corrected chi connectivity index (χ1v) is 23.5. The molecule has 0 saturated carbocycles. The van der Waals surface area contributed by atoms with E-state index < -0.39 is 20.0 Å². The number of phosphoric acid groups is 1. The molecule has 0 aromatic rings. The van der Waals surface area contributed by atoms with E-state index in [0.29, 0.717) is 17.4 Å². The average Bonchev–Trinajstić information content (AvgIpc) is 3.09. The maximum Gasteiger partial charge on any atom is 0.268 e. The summed E-state index contributed by atoms with van der Waals surface area (Å²) < 4.78 is 23.2. The number of likely N-dealkylation sites (N-methyl/N-ethyl adjacent to an activating group) is 1. The molecular formula is C43H87N2O6P. The minimum atomic E-state index is -4.58. The van der Waals surface area contributed by atoms with Crippen LogP contribution in [0.15, 0.2) is 12.2 Å². The molecule has 3 unspecified atom stereocenters. The highest BCUT2D eigenvalue weighted by Crippen LogP contribution is 2.38. The number of amides is 1. The van der Waals surface area contributed by atoms with Crippen LogP contribution in [0.25, 0.3) is 0 Å². The molecule has 0 rings (SSSR count). The van der Waals surface area contributed by atoms with E-state index in [1.807, 2.05) is 27.2 Å². The molecular weight excluding hydrogens is 671 g/mol. The first-order valence-electron chi connectivity index (χ1n) is 22.1. The molecule has 0 fully saturated rings. The minimum Gasteiger partial charge on any atom is -0.756 e. The normalized spacial score (nSPS) is 14.5. The van der Waals surface area contributed by atoms with Crippen LogP contribution in [0.1, 0.15) is 206 Å². The molecule has 0 spiro atoms. The van der Waals surface area contributed by atoms with Gasteiger partial charge >= 0.3 is 0 Å². The first-order chi connectivity index (χ1) is 25.0. The zero-order valence-corrected chi connectivity index (χ0v) is 35.9. The summed E-state index contributed by atoms with van der Waals surface area (Å²) in [5, 5.41) is 13.8. The van der Waals surface area contributed by atoms with Crippen LogP contribution < -0.4 is 10.2 Å². The Morgan fingerprint density at radius 2 is 1.04 bits per heavy atom. The SMILES string of the molecule is CCCCCCCCCCCCCCCC/C=C/C(O)C(COP(=O)([O-])OCC[N+](C)(C)C)NC(=O)CCCCCCCCCCCCCCCC. The Bertz CT molecular complexity index is 865. The summed E-state index contributed by atoms with van der Waals surface area (Å²) in [7, 11) is 1.27. The Labute approximate surface area is 322 Å². The van der Waals surface area contributed by atoms with Gasteiger partial charge in [-0.05, 0) is 19.3 Å². The molecule has 0 aliphatic rings. The van der Waals surface area contributed by atoms with E-state index in [0.717, 1.165) is 38.5 Å². The van der Waals surface area contributed by atoms with E-state index in [9.17, 15) is 19.4 Å². The second-order valence-corrected chi connectivity index (χ2v) is 17.8. The van der Waals surface area contributed by atoms with Gasteiger partial charge in [0.2, 0.25) is 5.91 Å². The molecule has 3 atom stereocenters. The molecule has 0 aromatic heterocycles. The molecule has 2 N–H and O–H groups in total. The van der Waals surface area contributed by atoms with Crippen molar-refractivity contribution in [1.82, 2.24) is 5.32 Å². The maximum atomic E-state index is 12.8. The number of carbonyl (C=O) groups excluding carboxylic acids is 1. The van der Waals surface area contributed by atoms with Gasteiger partial charge in [0.15, 0.2) is 0 Å². The van der Waals surface area contributed by atoms with Crippen molar-refractivity contribution in [1.29, 1.82) is 0 Å². The average molecular weight is 759 g/mol. The minimum absolute atomic E-state index is 0.00206. The van der Waals surface area contributed by atoms with Crippen molar-refractivity contribution in [3.63, 3.8) is 0 Å². The summed E-state index contributed by atoms with van der Waals surface area (Å²) in [5.41, 5.74) is 0. The Morgan fingerprint density at radius 3 is 1.44 bits per heavy atom. The predicted molar refractivity (Wildman–Crippen MR) is 219 cm³/mol. The van der Waals surface area contributed by atoms with Crippen LogP contribution in [0, 0.1) is 0 Å². The molecule has 52 heavy (non-hydrogen) atoms. The number of phosphoric ester groups is 1. The number of unbranched alkanes of at least 4 members (excludes halogenated alkanes) is 27. The van der Waals surface area contributed by atoms with Crippen LogP contribution in [-0.4, -0.2) is 68.5 Å². The van der Waals surface area contributed by atoms with E-state index in [1.54, 1.807) is 6.08 Å². The second-order valence-electron chi connectivity index (χ2n) is 16.4. The largest absolute Gasteiger partial charge is 0.756 e. The predicted octanol–water partition coefficient (Wildman–Crippen LogP) is 11.3. The van der Waals surface area contributed by atoms with E-state index >= 15 is 0 Å². The molecule has 0 radical (unpaired) electrons. The van der Waals surface area contributed by atoms with Gasteiger partial charge in [-0.15, -0.1) is 0 Å². The highest BCUT2D eigenvalue weighted by Gasteiger charge is 2.23. The third kappa shape index (κ3) is 37.6. The number of hydrogen-bond acceptors (Lipinski definition) is 6.